The summed E-state index contributed by atoms with van der Waals surface area (Å²) in [6.07, 6.45) is 6.91. The second-order valence-electron chi connectivity index (χ2n) is 8.84. The minimum Gasteiger partial charge on any atom is -0.476 e. The zero-order valence-corrected chi connectivity index (χ0v) is 22.6. The fourth-order valence-corrected chi connectivity index (χ4v) is 4.63. The van der Waals surface area contributed by atoms with Gasteiger partial charge in [0.15, 0.2) is 5.69 Å². The Labute approximate surface area is 242 Å². The molecule has 0 unspecified atom stereocenters. The summed E-state index contributed by atoms with van der Waals surface area (Å²) in [5.41, 5.74) is 2.34. The van der Waals surface area contributed by atoms with E-state index in [9.17, 15) is 19.5 Å². The molecule has 3 heterocycles. The van der Waals surface area contributed by atoms with Crippen molar-refractivity contribution in [3.05, 3.63) is 123 Å². The van der Waals surface area contributed by atoms with E-state index >= 15 is 0 Å². The molecule has 13 heteroatoms. The second-order valence-corrected chi connectivity index (χ2v) is 9.63. The smallest absolute Gasteiger partial charge is 0.358 e. The zero-order valence-electron chi connectivity index (χ0n) is 21.1. The van der Waals surface area contributed by atoms with E-state index in [1.54, 1.807) is 28.8 Å². The van der Waals surface area contributed by atoms with Crippen LogP contribution in [0.2, 0.25) is 10.2 Å². The third-order valence-electron chi connectivity index (χ3n) is 6.06. The molecule has 0 saturated heterocycles. The minimum atomic E-state index is -1.22. The maximum atomic E-state index is 13.2. The van der Waals surface area contributed by atoms with Crippen LogP contribution in [0.3, 0.4) is 0 Å². The van der Waals surface area contributed by atoms with Gasteiger partial charge in [0.2, 0.25) is 11.5 Å². The van der Waals surface area contributed by atoms with Gasteiger partial charge in [-0.25, -0.2) is 14.5 Å². The summed E-state index contributed by atoms with van der Waals surface area (Å²) in [6, 6.07) is 17.5. The number of amides is 1. The summed E-state index contributed by atoms with van der Waals surface area (Å²) >= 11 is 12.9. The lowest BCUT2D eigenvalue weighted by molar-refractivity contribution is -0.117. The van der Waals surface area contributed by atoms with Gasteiger partial charge < -0.3 is 15.4 Å². The first-order valence-corrected chi connectivity index (χ1v) is 12.9. The van der Waals surface area contributed by atoms with Crippen molar-refractivity contribution >= 4 is 41.2 Å². The molecule has 0 spiro atoms. The fraction of sp³-hybridized carbons (Fsp3) is 0.0714. The Morgan fingerprint density at radius 2 is 1.90 bits per heavy atom. The van der Waals surface area contributed by atoms with Crippen LogP contribution in [0.1, 0.15) is 27.8 Å². The highest BCUT2D eigenvalue weighted by Gasteiger charge is 2.20. The highest BCUT2D eigenvalue weighted by atomic mass is 35.5. The van der Waals surface area contributed by atoms with Gasteiger partial charge in [0.25, 0.3) is 0 Å². The molecule has 0 aliphatic carbocycles. The van der Waals surface area contributed by atoms with Gasteiger partial charge in [-0.1, -0.05) is 58.7 Å². The number of hydrogen-bond acceptors (Lipinski definition) is 6. The number of carboxylic acids is 1. The van der Waals surface area contributed by atoms with Crippen molar-refractivity contribution in [2.45, 2.75) is 12.6 Å². The van der Waals surface area contributed by atoms with Gasteiger partial charge >= 0.3 is 5.97 Å². The molecular formula is C28H21Cl2N7O4. The number of halogens is 2. The predicted molar refractivity (Wildman–Crippen MR) is 153 cm³/mol. The van der Waals surface area contributed by atoms with Crippen LogP contribution in [-0.4, -0.2) is 46.5 Å². The summed E-state index contributed by atoms with van der Waals surface area (Å²) in [5.74, 6) is -1.66. The van der Waals surface area contributed by atoms with E-state index in [0.29, 0.717) is 34.0 Å². The second kappa shape index (κ2) is 12.0. The molecule has 5 rings (SSSR count). The Balaban J connectivity index is 1.43. The molecule has 2 aromatic carbocycles. The molecule has 41 heavy (non-hydrogen) atoms. The lowest BCUT2D eigenvalue weighted by Gasteiger charge is -2.21. The molecule has 0 aliphatic rings. The zero-order chi connectivity index (χ0) is 28.9. The highest BCUT2D eigenvalue weighted by molar-refractivity contribution is 6.32. The summed E-state index contributed by atoms with van der Waals surface area (Å²) in [7, 11) is 0. The highest BCUT2D eigenvalue weighted by Crippen LogP contribution is 2.28. The Hall–Kier alpha value is -5.00. The molecule has 0 aliphatic heterocycles. The van der Waals surface area contributed by atoms with Gasteiger partial charge in [0.05, 0.1) is 18.2 Å². The number of aromatic nitrogens is 6. The van der Waals surface area contributed by atoms with E-state index in [1.807, 2.05) is 30.3 Å². The van der Waals surface area contributed by atoms with Crippen LogP contribution in [0, 0.1) is 0 Å². The van der Waals surface area contributed by atoms with Crippen LogP contribution >= 0.6 is 23.2 Å². The largest absolute Gasteiger partial charge is 0.476 e. The molecule has 3 aromatic heterocycles. The number of carboxylic acid groups (broad SMARTS) is 1. The number of pyridine rings is 1. The summed E-state index contributed by atoms with van der Waals surface area (Å²) in [6.45, 7) is 0. The molecule has 11 nitrogen and oxygen atoms in total. The maximum absolute atomic E-state index is 13.2. The number of imidazole rings is 1. The quantitative estimate of drug-likeness (QED) is 0.216. The van der Waals surface area contributed by atoms with Gasteiger partial charge in [-0.05, 0) is 35.9 Å². The number of H-pyrrole nitrogens is 1. The SMILES string of the molecule is O=C(/C=C/c1cc(Cl)ccc1-n1cc(C(=O)O)nn1)N[C@H](Cc1ccccc1)n1cnc(-c2cc[nH]c(=O)c2)c1Cl. The number of benzene rings is 2. The molecule has 3 N–H and O–H groups in total. The third kappa shape index (κ3) is 6.43. The lowest BCUT2D eigenvalue weighted by Crippen LogP contribution is -2.32. The van der Waals surface area contributed by atoms with Gasteiger partial charge in [-0.2, -0.15) is 0 Å². The third-order valence-corrected chi connectivity index (χ3v) is 6.67. The number of nitrogens with zero attached hydrogens (tertiary/aromatic N) is 5. The van der Waals surface area contributed by atoms with Crippen LogP contribution < -0.4 is 10.9 Å². The monoisotopic (exact) mass is 589 g/mol. The van der Waals surface area contributed by atoms with Gasteiger partial charge in [0.1, 0.15) is 17.0 Å². The number of nitrogens with one attached hydrogen (secondary N) is 2. The van der Waals surface area contributed by atoms with E-state index in [0.717, 1.165) is 5.56 Å². The number of carbonyl (C=O) groups excluding carboxylic acids is 1. The molecule has 1 atom stereocenters. The van der Waals surface area contributed by atoms with Crippen LogP contribution in [0.4, 0.5) is 0 Å². The standard InChI is InChI=1S/C28H21Cl2N7O4/c29-20-7-8-22(37-15-21(28(40)41)34-35-37)18(13-20)6-9-24(38)33-23(12-17-4-2-1-3-5-17)36-16-32-26(27(36)30)19-10-11-31-25(39)14-19/h1-11,13-16,23H,12H2,(H,31,39)(H,33,38)(H,40,41)/b9-6+/t23-/m0/s1. The van der Waals surface area contributed by atoms with E-state index < -0.39 is 18.0 Å². The Kier molecular flexibility index (Phi) is 8.09. The summed E-state index contributed by atoms with van der Waals surface area (Å²) in [4.78, 5) is 43.2. The van der Waals surface area contributed by atoms with Gasteiger partial charge in [0, 0.05) is 40.9 Å². The first kappa shape index (κ1) is 27.6. The normalized spacial score (nSPS) is 12.0. The average Bonchev–Trinajstić information content (AvgIpc) is 3.60. The molecular weight excluding hydrogens is 569 g/mol. The van der Waals surface area contributed by atoms with E-state index in [1.165, 1.54) is 41.6 Å². The summed E-state index contributed by atoms with van der Waals surface area (Å²) in [5, 5.41) is 20.3. The maximum Gasteiger partial charge on any atom is 0.358 e. The van der Waals surface area contributed by atoms with Gasteiger partial charge in [-0.15, -0.1) is 5.10 Å². The van der Waals surface area contributed by atoms with E-state index in [-0.39, 0.29) is 16.4 Å². The number of aromatic amines is 1. The van der Waals surface area contributed by atoms with Gasteiger partial charge in [-0.3, -0.25) is 14.2 Å². The van der Waals surface area contributed by atoms with Crippen LogP contribution in [0.25, 0.3) is 23.0 Å². The van der Waals surface area contributed by atoms with Crippen LogP contribution in [0.5, 0.6) is 0 Å². The molecule has 0 fully saturated rings. The van der Waals surface area contributed by atoms with Crippen molar-refractivity contribution in [3.63, 3.8) is 0 Å². The Morgan fingerprint density at radius 1 is 1.10 bits per heavy atom. The molecule has 0 bridgehead atoms. The lowest BCUT2D eigenvalue weighted by atomic mass is 10.1. The number of hydrogen-bond donors (Lipinski definition) is 3. The number of aromatic carboxylic acids is 1. The van der Waals surface area contributed by atoms with Crippen molar-refractivity contribution in [2.24, 2.45) is 0 Å². The topological polar surface area (TPSA) is 148 Å². The molecule has 0 radical (unpaired) electrons. The fourth-order valence-electron chi connectivity index (χ4n) is 4.13. The van der Waals surface area contributed by atoms with Crippen molar-refractivity contribution in [3.8, 4) is 16.9 Å². The van der Waals surface area contributed by atoms with Crippen molar-refractivity contribution in [2.75, 3.05) is 0 Å². The van der Waals surface area contributed by atoms with Crippen molar-refractivity contribution in [1.82, 2.24) is 34.8 Å². The molecule has 0 saturated carbocycles. The minimum absolute atomic E-state index is 0.229. The van der Waals surface area contributed by atoms with Crippen molar-refractivity contribution in [1.29, 1.82) is 0 Å². The number of rotatable bonds is 9. The molecule has 1 amide bonds. The molecule has 5 aromatic rings. The Morgan fingerprint density at radius 3 is 2.63 bits per heavy atom. The van der Waals surface area contributed by atoms with E-state index in [4.69, 9.17) is 23.2 Å². The average molecular weight is 590 g/mol. The van der Waals surface area contributed by atoms with Crippen LogP contribution in [0.15, 0.2) is 90.3 Å². The number of carbonyl (C=O) groups is 2. The molecule has 206 valence electrons. The Bertz CT molecular complexity index is 1810. The first-order valence-electron chi connectivity index (χ1n) is 12.2. The predicted octanol–water partition coefficient (Wildman–Crippen LogP) is 4.40. The van der Waals surface area contributed by atoms with Crippen LogP contribution in [-0.2, 0) is 11.2 Å². The summed E-state index contributed by atoms with van der Waals surface area (Å²) < 4.78 is 2.92. The first-order chi connectivity index (χ1) is 19.8. The van der Waals surface area contributed by atoms with Crippen molar-refractivity contribution < 1.29 is 14.7 Å². The van der Waals surface area contributed by atoms with E-state index in [2.05, 4.69) is 25.6 Å².